The fourth-order valence-electron chi connectivity index (χ4n) is 1.37. The summed E-state index contributed by atoms with van der Waals surface area (Å²) in [4.78, 5) is 13.2. The van der Waals surface area contributed by atoms with Gasteiger partial charge in [0, 0.05) is 17.8 Å². The van der Waals surface area contributed by atoms with E-state index in [1.807, 2.05) is 13.0 Å². The fraction of sp³-hybridized carbons (Fsp3) is 0.182. The van der Waals surface area contributed by atoms with Crippen molar-refractivity contribution in [3.05, 3.63) is 40.7 Å². The molecule has 6 heteroatoms. The first-order valence-electron chi connectivity index (χ1n) is 5.00. The highest BCUT2D eigenvalue weighted by atomic mass is 35.5. The van der Waals surface area contributed by atoms with Crippen LogP contribution in [-0.2, 0) is 7.05 Å². The zero-order valence-corrected chi connectivity index (χ0v) is 10.2. The van der Waals surface area contributed by atoms with Gasteiger partial charge in [-0.2, -0.15) is 9.90 Å². The Hall–Kier alpha value is -1.88. The number of nitrogens with zero attached hydrogens (tertiary/aromatic N) is 3. The van der Waals surface area contributed by atoms with Gasteiger partial charge in [-0.1, -0.05) is 17.7 Å². The van der Waals surface area contributed by atoms with Gasteiger partial charge in [0.15, 0.2) is 5.69 Å². The number of carbonyl (C=O) groups excluding carboxylic acids is 1. The van der Waals surface area contributed by atoms with E-state index in [4.69, 9.17) is 11.6 Å². The minimum atomic E-state index is -0.302. The van der Waals surface area contributed by atoms with Gasteiger partial charge >= 0.3 is 0 Å². The van der Waals surface area contributed by atoms with E-state index in [9.17, 15) is 4.79 Å². The SMILES string of the molecule is Cc1ccc(Cl)cc1NC(=O)c1cnn(C)n1. The quantitative estimate of drug-likeness (QED) is 0.887. The number of halogens is 1. The Kier molecular flexibility index (Phi) is 3.10. The molecule has 0 aliphatic heterocycles. The van der Waals surface area contributed by atoms with E-state index in [2.05, 4.69) is 15.5 Å². The number of aryl methyl sites for hydroxylation is 2. The smallest absolute Gasteiger partial charge is 0.277 e. The molecule has 0 radical (unpaired) electrons. The van der Waals surface area contributed by atoms with Crippen molar-refractivity contribution in [2.75, 3.05) is 5.32 Å². The van der Waals surface area contributed by atoms with E-state index in [1.54, 1.807) is 19.2 Å². The molecule has 0 fully saturated rings. The zero-order chi connectivity index (χ0) is 12.4. The van der Waals surface area contributed by atoms with Crippen LogP contribution in [0.15, 0.2) is 24.4 Å². The van der Waals surface area contributed by atoms with Crippen LogP contribution in [0.2, 0.25) is 5.02 Å². The maximum Gasteiger partial charge on any atom is 0.277 e. The Balaban J connectivity index is 2.21. The molecular weight excluding hydrogens is 240 g/mol. The first kappa shape index (κ1) is 11.6. The molecule has 0 bridgehead atoms. The number of rotatable bonds is 2. The monoisotopic (exact) mass is 250 g/mol. The molecule has 0 atom stereocenters. The van der Waals surface area contributed by atoms with Crippen molar-refractivity contribution < 1.29 is 4.79 Å². The molecule has 5 nitrogen and oxygen atoms in total. The number of benzene rings is 1. The van der Waals surface area contributed by atoms with Crippen molar-refractivity contribution in [1.29, 1.82) is 0 Å². The van der Waals surface area contributed by atoms with E-state index in [0.717, 1.165) is 5.56 Å². The molecular formula is C11H11ClN4O. The Morgan fingerprint density at radius 1 is 1.47 bits per heavy atom. The van der Waals surface area contributed by atoms with Gasteiger partial charge in [-0.25, -0.2) is 0 Å². The molecule has 88 valence electrons. The normalized spacial score (nSPS) is 10.3. The molecule has 17 heavy (non-hydrogen) atoms. The van der Waals surface area contributed by atoms with Crippen LogP contribution >= 0.6 is 11.6 Å². The second-order valence-corrected chi connectivity index (χ2v) is 4.07. The summed E-state index contributed by atoms with van der Waals surface area (Å²) in [6.07, 6.45) is 1.41. The van der Waals surface area contributed by atoms with Gasteiger partial charge in [0.2, 0.25) is 0 Å². The molecule has 0 aliphatic rings. The summed E-state index contributed by atoms with van der Waals surface area (Å²) in [5, 5.41) is 11.1. The second-order valence-electron chi connectivity index (χ2n) is 3.63. The van der Waals surface area contributed by atoms with Gasteiger partial charge in [-0.3, -0.25) is 4.79 Å². The molecule has 1 aromatic carbocycles. The highest BCUT2D eigenvalue weighted by Crippen LogP contribution is 2.20. The van der Waals surface area contributed by atoms with E-state index < -0.39 is 0 Å². The van der Waals surface area contributed by atoms with Crippen molar-refractivity contribution in [3.63, 3.8) is 0 Å². The number of aromatic nitrogens is 3. The summed E-state index contributed by atoms with van der Waals surface area (Å²) in [5.41, 5.74) is 1.88. The summed E-state index contributed by atoms with van der Waals surface area (Å²) < 4.78 is 0. The average Bonchev–Trinajstić information content (AvgIpc) is 2.70. The van der Waals surface area contributed by atoms with E-state index in [0.29, 0.717) is 10.7 Å². The lowest BCUT2D eigenvalue weighted by molar-refractivity contribution is 0.102. The third kappa shape index (κ3) is 2.62. The number of nitrogens with one attached hydrogen (secondary N) is 1. The van der Waals surface area contributed by atoms with E-state index >= 15 is 0 Å². The predicted octanol–water partition coefficient (Wildman–Crippen LogP) is 2.03. The summed E-state index contributed by atoms with van der Waals surface area (Å²) in [6, 6.07) is 5.31. The molecule has 0 saturated heterocycles. The molecule has 1 amide bonds. The summed E-state index contributed by atoms with van der Waals surface area (Å²) in [6.45, 7) is 1.89. The highest BCUT2D eigenvalue weighted by molar-refractivity contribution is 6.31. The molecule has 2 rings (SSSR count). The van der Waals surface area contributed by atoms with Crippen molar-refractivity contribution in [3.8, 4) is 0 Å². The van der Waals surface area contributed by atoms with Crippen LogP contribution in [0, 0.1) is 6.92 Å². The van der Waals surface area contributed by atoms with Gasteiger partial charge in [0.05, 0.1) is 6.20 Å². The average molecular weight is 251 g/mol. The number of carbonyl (C=O) groups is 1. The molecule has 0 spiro atoms. The predicted molar refractivity (Wildman–Crippen MR) is 65.1 cm³/mol. The van der Waals surface area contributed by atoms with Crippen LogP contribution in [0.3, 0.4) is 0 Å². The van der Waals surface area contributed by atoms with E-state index in [1.165, 1.54) is 11.0 Å². The first-order valence-corrected chi connectivity index (χ1v) is 5.38. The Morgan fingerprint density at radius 2 is 2.24 bits per heavy atom. The number of amides is 1. The lowest BCUT2D eigenvalue weighted by atomic mass is 10.2. The molecule has 2 aromatic rings. The summed E-state index contributed by atoms with van der Waals surface area (Å²) >= 11 is 5.87. The van der Waals surface area contributed by atoms with Crippen LogP contribution in [0.5, 0.6) is 0 Å². The zero-order valence-electron chi connectivity index (χ0n) is 9.44. The standard InChI is InChI=1S/C11H11ClN4O/c1-7-3-4-8(12)5-9(7)14-11(17)10-6-13-16(2)15-10/h3-6H,1-2H3,(H,14,17). The molecule has 0 unspecified atom stereocenters. The highest BCUT2D eigenvalue weighted by Gasteiger charge is 2.11. The second kappa shape index (κ2) is 4.55. The minimum absolute atomic E-state index is 0.270. The van der Waals surface area contributed by atoms with Crippen LogP contribution in [0.25, 0.3) is 0 Å². The van der Waals surface area contributed by atoms with Gasteiger partial charge in [0.1, 0.15) is 0 Å². The third-order valence-electron chi connectivity index (χ3n) is 2.28. The van der Waals surface area contributed by atoms with Crippen LogP contribution < -0.4 is 5.32 Å². The van der Waals surface area contributed by atoms with Gasteiger partial charge < -0.3 is 5.32 Å². The van der Waals surface area contributed by atoms with Crippen molar-refractivity contribution in [1.82, 2.24) is 15.0 Å². The number of hydrogen-bond acceptors (Lipinski definition) is 3. The number of anilines is 1. The lowest BCUT2D eigenvalue weighted by Gasteiger charge is -2.06. The van der Waals surface area contributed by atoms with Gasteiger partial charge in [-0.05, 0) is 24.6 Å². The topological polar surface area (TPSA) is 59.8 Å². The Bertz CT molecular complexity index is 564. The molecule has 0 saturated carbocycles. The number of hydrogen-bond donors (Lipinski definition) is 1. The van der Waals surface area contributed by atoms with Gasteiger partial charge in [0.25, 0.3) is 5.91 Å². The van der Waals surface area contributed by atoms with E-state index in [-0.39, 0.29) is 11.6 Å². The maximum atomic E-state index is 11.8. The Morgan fingerprint density at radius 3 is 2.88 bits per heavy atom. The van der Waals surface area contributed by atoms with Gasteiger partial charge in [-0.15, -0.1) is 5.10 Å². The maximum absolute atomic E-state index is 11.8. The third-order valence-corrected chi connectivity index (χ3v) is 2.52. The largest absolute Gasteiger partial charge is 0.320 e. The first-order chi connectivity index (χ1) is 8.06. The minimum Gasteiger partial charge on any atom is -0.320 e. The Labute approximate surface area is 103 Å². The lowest BCUT2D eigenvalue weighted by Crippen LogP contribution is -2.13. The van der Waals surface area contributed by atoms with Crippen LogP contribution in [-0.4, -0.2) is 20.9 Å². The summed E-state index contributed by atoms with van der Waals surface area (Å²) in [5.74, 6) is -0.302. The fourth-order valence-corrected chi connectivity index (χ4v) is 1.54. The van der Waals surface area contributed by atoms with Crippen molar-refractivity contribution >= 4 is 23.2 Å². The molecule has 1 aromatic heterocycles. The molecule has 1 heterocycles. The molecule has 1 N–H and O–H groups in total. The summed E-state index contributed by atoms with van der Waals surface area (Å²) in [7, 11) is 1.65. The van der Waals surface area contributed by atoms with Crippen LogP contribution in [0.1, 0.15) is 16.1 Å². The van der Waals surface area contributed by atoms with Crippen molar-refractivity contribution in [2.45, 2.75) is 6.92 Å². The molecule has 0 aliphatic carbocycles. The van der Waals surface area contributed by atoms with Crippen LogP contribution in [0.4, 0.5) is 5.69 Å². The van der Waals surface area contributed by atoms with Crippen molar-refractivity contribution in [2.24, 2.45) is 7.05 Å².